The third-order valence-corrected chi connectivity index (χ3v) is 3.75. The fourth-order valence-corrected chi connectivity index (χ4v) is 2.49. The molecule has 0 spiro atoms. The zero-order valence-electron chi connectivity index (χ0n) is 12.0. The summed E-state index contributed by atoms with van der Waals surface area (Å²) < 4.78 is 27.5. The maximum atomic E-state index is 10.9. The normalized spacial score (nSPS) is 11.7. The van der Waals surface area contributed by atoms with Gasteiger partial charge in [0.15, 0.2) is 11.7 Å². The van der Waals surface area contributed by atoms with Crippen LogP contribution in [0.1, 0.15) is 5.89 Å². The number of aryl methyl sites for hydroxylation is 1. The van der Waals surface area contributed by atoms with Crippen molar-refractivity contribution in [2.75, 3.05) is 0 Å². The lowest BCUT2D eigenvalue weighted by molar-refractivity contribution is 0.533. The maximum Gasteiger partial charge on any atom is 0.192 e. The molecule has 22 heavy (non-hydrogen) atoms. The van der Waals surface area contributed by atoms with Crippen LogP contribution in [0.15, 0.2) is 63.9 Å². The predicted molar refractivity (Wildman–Crippen MR) is 84.3 cm³/mol. The summed E-state index contributed by atoms with van der Waals surface area (Å²) in [7, 11) is 0. The Bertz CT molecular complexity index is 783. The first-order valence-electron chi connectivity index (χ1n) is 6.37. The van der Waals surface area contributed by atoms with Crippen LogP contribution < -0.4 is 6.15 Å². The van der Waals surface area contributed by atoms with Gasteiger partial charge in [0.05, 0.1) is 0 Å². The molecule has 3 rings (SSSR count). The smallest absolute Gasteiger partial charge is 0.192 e. The Labute approximate surface area is 130 Å². The summed E-state index contributed by atoms with van der Waals surface area (Å²) >= 11 is -2.23. The van der Waals surface area contributed by atoms with Crippen LogP contribution in [0, 0.1) is 6.92 Å². The number of rotatable bonds is 3. The van der Waals surface area contributed by atoms with Crippen molar-refractivity contribution in [3.8, 4) is 22.6 Å². The SMILES string of the molecule is Cc1nc(-c2ccccc2)c(-c2ccc(S(=O)[O-])cc2)o1.N. The average Bonchev–Trinajstić information content (AvgIpc) is 2.90. The Kier molecular flexibility index (Phi) is 4.87. The molecule has 3 aromatic rings. The van der Waals surface area contributed by atoms with Crippen molar-refractivity contribution in [2.24, 2.45) is 0 Å². The molecule has 0 aliphatic rings. The number of oxazole rings is 1. The Hall–Kier alpha value is -2.28. The van der Waals surface area contributed by atoms with E-state index in [1.165, 1.54) is 0 Å². The molecule has 3 N–H and O–H groups in total. The van der Waals surface area contributed by atoms with Crippen LogP contribution >= 0.6 is 0 Å². The molecule has 6 heteroatoms. The third kappa shape index (κ3) is 3.14. The largest absolute Gasteiger partial charge is 0.768 e. The van der Waals surface area contributed by atoms with E-state index in [2.05, 4.69) is 4.98 Å². The first-order valence-corrected chi connectivity index (χ1v) is 7.45. The minimum absolute atomic E-state index is 0. The number of nitrogens with zero attached hydrogens (tertiary/aromatic N) is 1. The minimum Gasteiger partial charge on any atom is -0.768 e. The summed E-state index contributed by atoms with van der Waals surface area (Å²) in [5.74, 6) is 1.21. The van der Waals surface area contributed by atoms with E-state index in [1.54, 1.807) is 31.2 Å². The first kappa shape index (κ1) is 16.1. The van der Waals surface area contributed by atoms with Gasteiger partial charge in [0, 0.05) is 22.9 Å². The van der Waals surface area contributed by atoms with E-state index in [0.29, 0.717) is 11.7 Å². The van der Waals surface area contributed by atoms with Gasteiger partial charge < -0.3 is 15.1 Å². The molecule has 114 valence electrons. The van der Waals surface area contributed by atoms with E-state index < -0.39 is 11.1 Å². The van der Waals surface area contributed by atoms with Crippen LogP contribution in [0.5, 0.6) is 0 Å². The molecule has 1 heterocycles. The van der Waals surface area contributed by atoms with E-state index >= 15 is 0 Å². The van der Waals surface area contributed by atoms with Gasteiger partial charge in [0.1, 0.15) is 5.69 Å². The highest BCUT2D eigenvalue weighted by atomic mass is 32.2. The predicted octanol–water partition coefficient (Wildman–Crippen LogP) is 3.72. The second-order valence-electron chi connectivity index (χ2n) is 4.54. The lowest BCUT2D eigenvalue weighted by Crippen LogP contribution is -1.88. The summed E-state index contributed by atoms with van der Waals surface area (Å²) in [6, 6.07) is 16.3. The molecule has 0 aliphatic heterocycles. The molecule has 1 aromatic heterocycles. The second kappa shape index (κ2) is 6.65. The van der Waals surface area contributed by atoms with Crippen molar-refractivity contribution in [1.29, 1.82) is 0 Å². The standard InChI is InChI=1S/C16H13NO3S.H3N/c1-11-17-15(12-5-3-2-4-6-12)16(20-11)13-7-9-14(10-8-13)21(18)19;/h2-10H,1H3,(H,18,19);1H3/p-1. The van der Waals surface area contributed by atoms with E-state index in [-0.39, 0.29) is 11.0 Å². The summed E-state index contributed by atoms with van der Waals surface area (Å²) in [6.07, 6.45) is 0. The molecule has 0 aliphatic carbocycles. The Morgan fingerprint density at radius 2 is 1.64 bits per heavy atom. The number of hydrogen-bond acceptors (Lipinski definition) is 5. The quantitative estimate of drug-likeness (QED) is 0.742. The lowest BCUT2D eigenvalue weighted by atomic mass is 10.1. The van der Waals surface area contributed by atoms with Crippen molar-refractivity contribution in [1.82, 2.24) is 11.1 Å². The van der Waals surface area contributed by atoms with Gasteiger partial charge in [-0.05, 0) is 35.3 Å². The van der Waals surface area contributed by atoms with Gasteiger partial charge in [-0.25, -0.2) is 4.98 Å². The van der Waals surface area contributed by atoms with Crippen molar-refractivity contribution < 1.29 is 13.2 Å². The summed E-state index contributed by atoms with van der Waals surface area (Å²) in [5, 5.41) is 0. The highest BCUT2D eigenvalue weighted by molar-refractivity contribution is 7.79. The van der Waals surface area contributed by atoms with Crippen LogP contribution in [-0.2, 0) is 11.1 Å². The molecular formula is C16H15N2O3S-. The molecule has 0 radical (unpaired) electrons. The number of hydrogen-bond donors (Lipinski definition) is 1. The molecule has 1 atom stereocenters. The number of aromatic nitrogens is 1. The van der Waals surface area contributed by atoms with Crippen molar-refractivity contribution in [2.45, 2.75) is 11.8 Å². The summed E-state index contributed by atoms with van der Waals surface area (Å²) in [5.41, 5.74) is 2.51. The van der Waals surface area contributed by atoms with Gasteiger partial charge in [0.2, 0.25) is 0 Å². The van der Waals surface area contributed by atoms with Crippen LogP contribution in [0.4, 0.5) is 0 Å². The van der Waals surface area contributed by atoms with Gasteiger partial charge in [0.25, 0.3) is 0 Å². The van der Waals surface area contributed by atoms with E-state index in [4.69, 9.17) is 4.42 Å². The Balaban J connectivity index is 0.00000176. The fourth-order valence-electron chi connectivity index (χ4n) is 2.13. The molecule has 5 nitrogen and oxygen atoms in total. The maximum absolute atomic E-state index is 10.9. The van der Waals surface area contributed by atoms with E-state index in [0.717, 1.165) is 16.8 Å². The van der Waals surface area contributed by atoms with Crippen LogP contribution in [0.2, 0.25) is 0 Å². The number of benzene rings is 2. The molecular weight excluding hydrogens is 300 g/mol. The Morgan fingerprint density at radius 1 is 1.00 bits per heavy atom. The van der Waals surface area contributed by atoms with Crippen LogP contribution in [0.25, 0.3) is 22.6 Å². The van der Waals surface area contributed by atoms with E-state index in [1.807, 2.05) is 30.3 Å². The average molecular weight is 315 g/mol. The summed E-state index contributed by atoms with van der Waals surface area (Å²) in [4.78, 5) is 4.67. The third-order valence-electron chi connectivity index (χ3n) is 3.09. The second-order valence-corrected chi connectivity index (χ2v) is 5.48. The molecule has 1 unspecified atom stereocenters. The zero-order chi connectivity index (χ0) is 14.8. The van der Waals surface area contributed by atoms with Crippen LogP contribution in [0.3, 0.4) is 0 Å². The lowest BCUT2D eigenvalue weighted by Gasteiger charge is -2.06. The topological polar surface area (TPSA) is 101 Å². The van der Waals surface area contributed by atoms with Crippen LogP contribution in [-0.4, -0.2) is 13.7 Å². The monoisotopic (exact) mass is 315 g/mol. The van der Waals surface area contributed by atoms with E-state index in [9.17, 15) is 8.76 Å². The molecule has 0 fully saturated rings. The van der Waals surface area contributed by atoms with Gasteiger partial charge >= 0.3 is 0 Å². The summed E-state index contributed by atoms with van der Waals surface area (Å²) in [6.45, 7) is 1.79. The zero-order valence-corrected chi connectivity index (χ0v) is 12.8. The van der Waals surface area contributed by atoms with Gasteiger partial charge in [-0.2, -0.15) is 0 Å². The fraction of sp³-hybridized carbons (Fsp3) is 0.0625. The van der Waals surface area contributed by atoms with Gasteiger partial charge in [-0.15, -0.1) is 0 Å². The highest BCUT2D eigenvalue weighted by Gasteiger charge is 2.14. The molecule has 2 aromatic carbocycles. The Morgan fingerprint density at radius 3 is 2.23 bits per heavy atom. The van der Waals surface area contributed by atoms with Crippen molar-refractivity contribution in [3.05, 3.63) is 60.5 Å². The molecule has 0 amide bonds. The minimum atomic E-state index is -2.23. The highest BCUT2D eigenvalue weighted by Crippen LogP contribution is 2.32. The molecule has 0 saturated heterocycles. The van der Waals surface area contributed by atoms with Gasteiger partial charge in [-0.3, -0.25) is 4.21 Å². The molecule has 0 bridgehead atoms. The van der Waals surface area contributed by atoms with Gasteiger partial charge in [-0.1, -0.05) is 30.3 Å². The molecule has 0 saturated carbocycles. The van der Waals surface area contributed by atoms with Crippen molar-refractivity contribution >= 4 is 11.1 Å². The van der Waals surface area contributed by atoms with Crippen molar-refractivity contribution in [3.63, 3.8) is 0 Å². The first-order chi connectivity index (χ1) is 10.1.